The van der Waals surface area contributed by atoms with Crippen molar-refractivity contribution in [2.75, 3.05) is 27.3 Å². The summed E-state index contributed by atoms with van der Waals surface area (Å²) >= 11 is 0. The van der Waals surface area contributed by atoms with Crippen molar-refractivity contribution in [1.29, 1.82) is 0 Å². The number of rotatable bonds is 8. The highest BCUT2D eigenvalue weighted by molar-refractivity contribution is 5.68. The second-order valence-electron chi connectivity index (χ2n) is 7.68. The predicted octanol–water partition coefficient (Wildman–Crippen LogP) is 2.88. The maximum absolute atomic E-state index is 12.0. The first-order valence-corrected chi connectivity index (χ1v) is 9.54. The molecule has 140 valence electrons. The minimum absolute atomic E-state index is 0.00397. The number of carbonyl (C=O) groups is 1. The Balaban J connectivity index is 1.84. The lowest BCUT2D eigenvalue weighted by Crippen LogP contribution is -2.47. The highest BCUT2D eigenvalue weighted by Crippen LogP contribution is 2.82. The molecule has 0 bridgehead atoms. The third-order valence-corrected chi connectivity index (χ3v) is 6.74. The fourth-order valence-electron chi connectivity index (χ4n) is 5.80. The van der Waals surface area contributed by atoms with Crippen LogP contribution in [0.25, 0.3) is 0 Å². The normalized spacial score (nSPS) is 40.5. The van der Waals surface area contributed by atoms with Gasteiger partial charge >= 0.3 is 6.09 Å². The molecule has 0 aromatic rings. The summed E-state index contributed by atoms with van der Waals surface area (Å²) in [5.74, 6) is 0.661. The van der Waals surface area contributed by atoms with Crippen LogP contribution in [0.15, 0.2) is 24.3 Å². The lowest BCUT2D eigenvalue weighted by molar-refractivity contribution is 0.0253. The van der Waals surface area contributed by atoms with Gasteiger partial charge < -0.3 is 20.1 Å². The van der Waals surface area contributed by atoms with E-state index in [1.54, 1.807) is 7.11 Å². The molecule has 0 aromatic carbocycles. The molecule has 5 nitrogen and oxygen atoms in total. The van der Waals surface area contributed by atoms with E-state index in [-0.39, 0.29) is 35.0 Å². The molecule has 0 aliphatic heterocycles. The maximum Gasteiger partial charge on any atom is 0.407 e. The molecule has 3 aliphatic carbocycles. The van der Waals surface area contributed by atoms with Crippen molar-refractivity contribution in [3.05, 3.63) is 24.3 Å². The summed E-state index contributed by atoms with van der Waals surface area (Å²) in [6.45, 7) is 6.40. The van der Waals surface area contributed by atoms with E-state index >= 15 is 0 Å². The number of methoxy groups -OCH3 is 2. The number of allylic oxidation sites excluding steroid dienone is 3. The topological polar surface area (TPSA) is 59.6 Å². The summed E-state index contributed by atoms with van der Waals surface area (Å²) in [7, 11) is 3.22. The molecule has 1 spiro atoms. The molecule has 3 aliphatic rings. The minimum Gasteiger partial charge on any atom is -0.453 e. The van der Waals surface area contributed by atoms with Crippen LogP contribution < -0.4 is 10.6 Å². The van der Waals surface area contributed by atoms with Gasteiger partial charge in [0.1, 0.15) is 0 Å². The van der Waals surface area contributed by atoms with Crippen molar-refractivity contribution < 1.29 is 14.3 Å². The van der Waals surface area contributed by atoms with Gasteiger partial charge in [-0.2, -0.15) is 0 Å². The Morgan fingerprint density at radius 3 is 2.72 bits per heavy atom. The Morgan fingerprint density at radius 2 is 2.04 bits per heavy atom. The molecule has 5 heteroatoms. The Kier molecular flexibility index (Phi) is 5.26. The molecule has 2 N–H and O–H groups in total. The summed E-state index contributed by atoms with van der Waals surface area (Å²) < 4.78 is 10.9. The van der Waals surface area contributed by atoms with Gasteiger partial charge in [0.15, 0.2) is 0 Å². The van der Waals surface area contributed by atoms with Crippen molar-refractivity contribution >= 4 is 6.09 Å². The van der Waals surface area contributed by atoms with Crippen LogP contribution in [-0.2, 0) is 9.47 Å². The number of nitrogens with one attached hydrogen (secondary N) is 2. The van der Waals surface area contributed by atoms with Crippen LogP contribution in [0.5, 0.6) is 0 Å². The number of fused-ring (bicyclic) bond motifs is 1. The van der Waals surface area contributed by atoms with Crippen LogP contribution in [-0.4, -0.2) is 45.5 Å². The third-order valence-electron chi connectivity index (χ3n) is 6.74. The molecule has 1 amide bonds. The van der Waals surface area contributed by atoms with E-state index in [2.05, 4.69) is 48.8 Å². The smallest absolute Gasteiger partial charge is 0.407 e. The molecule has 0 heterocycles. The number of carbonyl (C=O) groups excluding carboxylic acids is 1. The second kappa shape index (κ2) is 7.12. The summed E-state index contributed by atoms with van der Waals surface area (Å²) in [6.07, 6.45) is 12.1. The molecular formula is C20H32N2O3. The summed E-state index contributed by atoms with van der Waals surface area (Å²) in [5, 5.41) is 6.72. The first-order valence-electron chi connectivity index (χ1n) is 9.54. The van der Waals surface area contributed by atoms with Gasteiger partial charge in [0, 0.05) is 29.9 Å². The molecule has 3 rings (SSSR count). The molecule has 0 radical (unpaired) electrons. The van der Waals surface area contributed by atoms with Gasteiger partial charge in [-0.05, 0) is 31.8 Å². The Labute approximate surface area is 151 Å². The van der Waals surface area contributed by atoms with Crippen molar-refractivity contribution in [3.63, 3.8) is 0 Å². The number of ether oxygens (including phenoxy) is 2. The van der Waals surface area contributed by atoms with Crippen LogP contribution in [0.1, 0.15) is 33.1 Å². The molecule has 0 saturated heterocycles. The first-order chi connectivity index (χ1) is 12.1. The van der Waals surface area contributed by atoms with E-state index < -0.39 is 0 Å². The van der Waals surface area contributed by atoms with E-state index in [1.165, 1.54) is 20.0 Å². The third kappa shape index (κ3) is 2.55. The van der Waals surface area contributed by atoms with Crippen molar-refractivity contribution in [3.8, 4) is 0 Å². The van der Waals surface area contributed by atoms with Gasteiger partial charge in [0.2, 0.25) is 0 Å². The lowest BCUT2D eigenvalue weighted by Gasteiger charge is -2.31. The molecular weight excluding hydrogens is 316 g/mol. The van der Waals surface area contributed by atoms with Crippen LogP contribution in [0, 0.1) is 22.7 Å². The van der Waals surface area contributed by atoms with Gasteiger partial charge in [-0.15, -0.1) is 0 Å². The van der Waals surface area contributed by atoms with Gasteiger partial charge in [-0.25, -0.2) is 4.79 Å². The fourth-order valence-corrected chi connectivity index (χ4v) is 5.80. The van der Waals surface area contributed by atoms with Crippen LogP contribution in [0.3, 0.4) is 0 Å². The van der Waals surface area contributed by atoms with Gasteiger partial charge in [-0.1, -0.05) is 44.6 Å². The highest BCUT2D eigenvalue weighted by Gasteiger charge is 2.85. The largest absolute Gasteiger partial charge is 0.453 e. The number of hydrogen-bond acceptors (Lipinski definition) is 4. The predicted molar refractivity (Wildman–Crippen MR) is 98.3 cm³/mol. The zero-order valence-electron chi connectivity index (χ0n) is 15.9. The monoisotopic (exact) mass is 348 g/mol. The average Bonchev–Trinajstić information content (AvgIpc) is 3.16. The van der Waals surface area contributed by atoms with E-state index in [4.69, 9.17) is 9.47 Å². The lowest BCUT2D eigenvalue weighted by atomic mass is 9.84. The molecule has 2 saturated carbocycles. The maximum atomic E-state index is 12.0. The van der Waals surface area contributed by atoms with Crippen molar-refractivity contribution in [1.82, 2.24) is 10.6 Å². The first kappa shape index (κ1) is 18.5. The molecule has 2 fully saturated rings. The van der Waals surface area contributed by atoms with Gasteiger partial charge in [-0.3, -0.25) is 0 Å². The van der Waals surface area contributed by atoms with Gasteiger partial charge in [0.25, 0.3) is 0 Å². The van der Waals surface area contributed by atoms with E-state index in [0.29, 0.717) is 5.92 Å². The van der Waals surface area contributed by atoms with Gasteiger partial charge in [0.05, 0.1) is 13.2 Å². The van der Waals surface area contributed by atoms with Crippen molar-refractivity contribution in [2.45, 2.75) is 45.3 Å². The van der Waals surface area contributed by atoms with Crippen molar-refractivity contribution in [2.24, 2.45) is 22.7 Å². The van der Waals surface area contributed by atoms with Crippen LogP contribution in [0.2, 0.25) is 0 Å². The number of alkyl carbamates (subject to hydrolysis) is 1. The molecule has 0 unspecified atom stereocenters. The van der Waals surface area contributed by atoms with E-state index in [1.807, 2.05) is 0 Å². The number of unbranched alkanes of at least 4 members (excludes halogenated alkanes) is 1. The quantitative estimate of drug-likeness (QED) is 0.662. The highest BCUT2D eigenvalue weighted by atomic mass is 16.5. The minimum atomic E-state index is -0.348. The standard InChI is InChI=1S/C20H32N2O3/c1-5-6-12-21-13-11-19-15-9-7-8-10-20(15,19)17(24-3)14(2)16(19)22-18(23)25-4/h7-10,14-17,21H,5-6,11-13H2,1-4H3,(H,22,23)/t14-,15+,16-,17+,19-,20+/m1/s1. The summed E-state index contributed by atoms with van der Waals surface area (Å²) in [5.41, 5.74) is -0.00195. The second-order valence-corrected chi connectivity index (χ2v) is 7.68. The molecule has 25 heavy (non-hydrogen) atoms. The Hall–Kier alpha value is -1.33. The Morgan fingerprint density at radius 1 is 1.24 bits per heavy atom. The zero-order chi connectivity index (χ0) is 18.1. The van der Waals surface area contributed by atoms with Crippen LogP contribution in [0.4, 0.5) is 4.79 Å². The summed E-state index contributed by atoms with van der Waals surface area (Å²) in [4.78, 5) is 12.0. The number of amides is 1. The summed E-state index contributed by atoms with van der Waals surface area (Å²) in [6, 6.07) is 0.0512. The molecule has 0 aromatic heterocycles. The van der Waals surface area contributed by atoms with E-state index in [9.17, 15) is 4.79 Å². The Bertz CT molecular complexity index is 561. The fraction of sp³-hybridized carbons (Fsp3) is 0.750. The zero-order valence-corrected chi connectivity index (χ0v) is 15.9. The van der Waals surface area contributed by atoms with E-state index in [0.717, 1.165) is 19.5 Å². The average molecular weight is 348 g/mol. The number of hydrogen-bond donors (Lipinski definition) is 2. The molecule has 6 atom stereocenters. The van der Waals surface area contributed by atoms with Crippen LogP contribution >= 0.6 is 0 Å². The SMILES string of the molecule is CCCCNCC[C@@]12[C@H](NC(=O)OC)[C@@H](C)[C@H](OC)[C@@]13C=CC=C[C@H]32.